The molecule has 5 heteroatoms. The van der Waals surface area contributed by atoms with Crippen LogP contribution in [0.25, 0.3) is 0 Å². The molecular weight excluding hydrogens is 283 g/mol. The van der Waals surface area contributed by atoms with Crippen molar-refractivity contribution in [3.8, 4) is 0 Å². The zero-order chi connectivity index (χ0) is 12.5. The Kier molecular flexibility index (Phi) is 4.50. The van der Waals surface area contributed by atoms with Crippen LogP contribution in [-0.2, 0) is 17.8 Å². The predicted molar refractivity (Wildman–Crippen MR) is 78.8 cm³/mol. The Morgan fingerprint density at radius 2 is 2.26 bits per heavy atom. The first-order chi connectivity index (χ1) is 8.75. The topological polar surface area (TPSA) is 32.3 Å². The molecule has 1 amide bonds. The molecule has 3 rings (SSSR count). The van der Waals surface area contributed by atoms with Gasteiger partial charge in [-0.3, -0.25) is 10.1 Å². The number of fused-ring (bicyclic) bond motifs is 1. The second-order valence-corrected chi connectivity index (χ2v) is 5.11. The fraction of sp³-hybridized carbons (Fsp3) is 0.357. The Bertz CT molecular complexity index is 516. The molecule has 1 atom stereocenters. The van der Waals surface area contributed by atoms with E-state index in [1.54, 1.807) is 0 Å². The van der Waals surface area contributed by atoms with E-state index in [4.69, 9.17) is 11.6 Å². The molecule has 0 fully saturated rings. The summed E-state index contributed by atoms with van der Waals surface area (Å²) in [7, 11) is 0. The lowest BCUT2D eigenvalue weighted by atomic mass is 9.99. The molecule has 1 N–H and O–H groups in total. The fourth-order valence-electron chi connectivity index (χ4n) is 2.58. The minimum Gasteiger partial charge on any atom is -0.336 e. The van der Waals surface area contributed by atoms with Gasteiger partial charge in [0, 0.05) is 24.7 Å². The Hall–Kier alpha value is -1.03. The number of amides is 1. The third-order valence-electron chi connectivity index (χ3n) is 3.57. The second kappa shape index (κ2) is 5.95. The minimum absolute atomic E-state index is 0. The molecule has 2 aliphatic rings. The highest BCUT2D eigenvalue weighted by Gasteiger charge is 2.27. The van der Waals surface area contributed by atoms with Gasteiger partial charge in [0.2, 0.25) is 5.91 Å². The van der Waals surface area contributed by atoms with Crippen molar-refractivity contribution >= 4 is 29.9 Å². The van der Waals surface area contributed by atoms with Gasteiger partial charge >= 0.3 is 0 Å². The molecular formula is C14H16Cl2N2O. The maximum absolute atomic E-state index is 12.3. The van der Waals surface area contributed by atoms with Crippen LogP contribution < -0.4 is 5.32 Å². The van der Waals surface area contributed by atoms with Crippen molar-refractivity contribution in [2.24, 2.45) is 0 Å². The predicted octanol–water partition coefficient (Wildman–Crippen LogP) is 2.17. The highest BCUT2D eigenvalue weighted by Crippen LogP contribution is 2.26. The average molecular weight is 299 g/mol. The van der Waals surface area contributed by atoms with E-state index in [1.807, 2.05) is 29.2 Å². The minimum atomic E-state index is -0.147. The van der Waals surface area contributed by atoms with Crippen LogP contribution in [0, 0.1) is 0 Å². The Morgan fingerprint density at radius 3 is 3.00 bits per heavy atom. The van der Waals surface area contributed by atoms with E-state index < -0.39 is 0 Å². The fourth-order valence-corrected chi connectivity index (χ4v) is 2.87. The largest absolute Gasteiger partial charge is 0.336 e. The number of hydrogen-bond donors (Lipinski definition) is 1. The molecule has 0 saturated heterocycles. The van der Waals surface area contributed by atoms with Crippen molar-refractivity contribution < 1.29 is 4.79 Å². The number of halogens is 2. The molecule has 2 heterocycles. The summed E-state index contributed by atoms with van der Waals surface area (Å²) in [6.45, 7) is 2.20. The number of rotatable bonds is 1. The zero-order valence-electron chi connectivity index (χ0n) is 10.4. The number of hydrogen-bond acceptors (Lipinski definition) is 2. The van der Waals surface area contributed by atoms with E-state index in [-0.39, 0.29) is 24.4 Å². The van der Waals surface area contributed by atoms with E-state index in [1.165, 1.54) is 11.1 Å². The summed E-state index contributed by atoms with van der Waals surface area (Å²) in [4.78, 5) is 14.2. The highest BCUT2D eigenvalue weighted by molar-refractivity contribution is 6.31. The van der Waals surface area contributed by atoms with Gasteiger partial charge in [-0.1, -0.05) is 35.9 Å². The third kappa shape index (κ3) is 2.78. The summed E-state index contributed by atoms with van der Waals surface area (Å²) >= 11 is 6.17. The molecule has 3 nitrogen and oxygen atoms in total. The molecule has 0 bridgehead atoms. The molecule has 0 aromatic heterocycles. The molecule has 19 heavy (non-hydrogen) atoms. The van der Waals surface area contributed by atoms with Crippen molar-refractivity contribution in [3.05, 3.63) is 46.5 Å². The van der Waals surface area contributed by atoms with E-state index in [0.717, 1.165) is 24.5 Å². The molecule has 0 saturated carbocycles. The van der Waals surface area contributed by atoms with Gasteiger partial charge in [0.15, 0.2) is 0 Å². The van der Waals surface area contributed by atoms with Gasteiger partial charge < -0.3 is 4.90 Å². The average Bonchev–Trinajstić information content (AvgIpc) is 2.91. The lowest BCUT2D eigenvalue weighted by Gasteiger charge is -2.31. The molecule has 0 spiro atoms. The lowest BCUT2D eigenvalue weighted by molar-refractivity contribution is -0.133. The first-order valence-electron chi connectivity index (χ1n) is 6.21. The summed E-state index contributed by atoms with van der Waals surface area (Å²) < 4.78 is 0. The van der Waals surface area contributed by atoms with Crippen LogP contribution in [0.5, 0.6) is 0 Å². The lowest BCUT2D eigenvalue weighted by Crippen LogP contribution is -2.45. The molecule has 1 unspecified atom stereocenters. The quantitative estimate of drug-likeness (QED) is 0.806. The van der Waals surface area contributed by atoms with Crippen molar-refractivity contribution in [1.29, 1.82) is 0 Å². The molecule has 1 aromatic rings. The normalized spacial score (nSPS) is 20.9. The number of benzene rings is 1. The summed E-state index contributed by atoms with van der Waals surface area (Å²) in [6, 6.07) is 5.77. The summed E-state index contributed by atoms with van der Waals surface area (Å²) in [5.41, 5.74) is 2.36. The smallest absolute Gasteiger partial charge is 0.244 e. The van der Waals surface area contributed by atoms with E-state index in [0.29, 0.717) is 6.54 Å². The molecule has 0 aliphatic carbocycles. The van der Waals surface area contributed by atoms with Crippen molar-refractivity contribution in [2.75, 3.05) is 13.1 Å². The van der Waals surface area contributed by atoms with Gasteiger partial charge in [-0.15, -0.1) is 12.4 Å². The second-order valence-electron chi connectivity index (χ2n) is 4.70. The first kappa shape index (κ1) is 14.4. The SMILES string of the molecule is Cl.O=C(C1C=CCN1)N1CCc2c(Cl)cccc2C1. The van der Waals surface area contributed by atoms with Crippen molar-refractivity contribution in [3.63, 3.8) is 0 Å². The van der Waals surface area contributed by atoms with Crippen LogP contribution >= 0.6 is 24.0 Å². The molecule has 0 radical (unpaired) electrons. The summed E-state index contributed by atoms with van der Waals surface area (Å²) in [5.74, 6) is 0.161. The number of carbonyl (C=O) groups excluding carboxylic acids is 1. The third-order valence-corrected chi connectivity index (χ3v) is 3.92. The zero-order valence-corrected chi connectivity index (χ0v) is 12.0. The molecule has 1 aromatic carbocycles. The number of nitrogens with one attached hydrogen (secondary N) is 1. The number of nitrogens with zero attached hydrogens (tertiary/aromatic N) is 1. The van der Waals surface area contributed by atoms with Crippen LogP contribution in [0.3, 0.4) is 0 Å². The molecule has 2 aliphatic heterocycles. The van der Waals surface area contributed by atoms with Gasteiger partial charge in [0.05, 0.1) is 0 Å². The molecule has 102 valence electrons. The standard InChI is InChI=1S/C14H15ClN2O.ClH/c15-12-4-1-3-10-9-17(8-6-11(10)12)14(18)13-5-2-7-16-13;/h1-5,13,16H,6-9H2;1H. The van der Waals surface area contributed by atoms with Crippen LogP contribution in [0.4, 0.5) is 0 Å². The Labute approximate surface area is 124 Å². The van der Waals surface area contributed by atoms with Crippen molar-refractivity contribution in [1.82, 2.24) is 10.2 Å². The van der Waals surface area contributed by atoms with Gasteiger partial charge in [-0.25, -0.2) is 0 Å². The van der Waals surface area contributed by atoms with Crippen molar-refractivity contribution in [2.45, 2.75) is 19.0 Å². The summed E-state index contributed by atoms with van der Waals surface area (Å²) in [5, 5.41) is 3.98. The van der Waals surface area contributed by atoms with Crippen LogP contribution in [0.2, 0.25) is 5.02 Å². The highest BCUT2D eigenvalue weighted by atomic mass is 35.5. The van der Waals surface area contributed by atoms with Gasteiger partial charge in [-0.2, -0.15) is 0 Å². The van der Waals surface area contributed by atoms with E-state index >= 15 is 0 Å². The summed E-state index contributed by atoms with van der Waals surface area (Å²) in [6.07, 6.45) is 4.78. The van der Waals surface area contributed by atoms with Gasteiger partial charge in [-0.05, 0) is 23.6 Å². The number of carbonyl (C=O) groups is 1. The first-order valence-corrected chi connectivity index (χ1v) is 6.58. The maximum Gasteiger partial charge on any atom is 0.244 e. The van der Waals surface area contributed by atoms with Gasteiger partial charge in [0.25, 0.3) is 0 Å². The maximum atomic E-state index is 12.3. The van der Waals surface area contributed by atoms with E-state index in [9.17, 15) is 4.79 Å². The van der Waals surface area contributed by atoms with E-state index in [2.05, 4.69) is 11.4 Å². The van der Waals surface area contributed by atoms with Crippen LogP contribution in [0.15, 0.2) is 30.4 Å². The van der Waals surface area contributed by atoms with Crippen LogP contribution in [0.1, 0.15) is 11.1 Å². The Morgan fingerprint density at radius 1 is 1.42 bits per heavy atom. The monoisotopic (exact) mass is 298 g/mol. The van der Waals surface area contributed by atoms with Crippen LogP contribution in [-0.4, -0.2) is 29.9 Å². The van der Waals surface area contributed by atoms with Gasteiger partial charge in [0.1, 0.15) is 6.04 Å². The Balaban J connectivity index is 0.00000133.